The summed E-state index contributed by atoms with van der Waals surface area (Å²) in [7, 11) is 1.58. The van der Waals surface area contributed by atoms with Crippen LogP contribution in [0.1, 0.15) is 33.0 Å². The molecule has 2 aromatic rings. The predicted octanol–water partition coefficient (Wildman–Crippen LogP) is 2.66. The Labute approximate surface area is 140 Å². The zero-order chi connectivity index (χ0) is 17.1. The van der Waals surface area contributed by atoms with Crippen molar-refractivity contribution in [3.63, 3.8) is 0 Å². The lowest BCUT2D eigenvalue weighted by atomic mass is 9.89. The van der Waals surface area contributed by atoms with Crippen molar-refractivity contribution < 1.29 is 19.4 Å². The Balaban J connectivity index is 1.94. The molecule has 1 N–H and O–H groups in total. The van der Waals surface area contributed by atoms with Crippen LogP contribution in [0.25, 0.3) is 0 Å². The third-order valence-corrected chi connectivity index (χ3v) is 4.33. The van der Waals surface area contributed by atoms with Gasteiger partial charge >= 0.3 is 5.97 Å². The standard InChI is InChI=1S/C19H19NO4/c1-24-12-14-7-3-5-9-16(14)18(21)20-10-13-6-2-4-8-15(13)17(11-20)19(22)23/h2-9,17H,10-12H2,1H3,(H,22,23). The number of rotatable bonds is 4. The molecule has 0 saturated heterocycles. The lowest BCUT2D eigenvalue weighted by Gasteiger charge is -2.33. The molecule has 1 atom stereocenters. The number of ether oxygens (including phenoxy) is 1. The van der Waals surface area contributed by atoms with Crippen LogP contribution in [0.2, 0.25) is 0 Å². The molecular formula is C19H19NO4. The van der Waals surface area contributed by atoms with Gasteiger partial charge in [-0.1, -0.05) is 42.5 Å². The van der Waals surface area contributed by atoms with Crippen LogP contribution < -0.4 is 0 Å². The number of aliphatic carboxylic acids is 1. The first kappa shape index (κ1) is 16.2. The predicted molar refractivity (Wildman–Crippen MR) is 88.7 cm³/mol. The Morgan fingerprint density at radius 1 is 1.17 bits per heavy atom. The van der Waals surface area contributed by atoms with E-state index in [0.717, 1.165) is 16.7 Å². The summed E-state index contributed by atoms with van der Waals surface area (Å²) in [6.45, 7) is 0.932. The molecule has 1 aliphatic rings. The third-order valence-electron chi connectivity index (χ3n) is 4.33. The molecule has 5 nitrogen and oxygen atoms in total. The Hall–Kier alpha value is -2.66. The molecule has 0 fully saturated rings. The number of carbonyl (C=O) groups excluding carboxylic acids is 1. The number of fused-ring (bicyclic) bond motifs is 1. The second-order valence-electron chi connectivity index (χ2n) is 5.87. The lowest BCUT2D eigenvalue weighted by molar-refractivity contribution is -0.139. The highest BCUT2D eigenvalue weighted by Gasteiger charge is 2.33. The molecule has 0 aromatic heterocycles. The second kappa shape index (κ2) is 6.84. The van der Waals surface area contributed by atoms with Gasteiger partial charge in [0, 0.05) is 25.8 Å². The van der Waals surface area contributed by atoms with Gasteiger partial charge in [0.05, 0.1) is 12.5 Å². The van der Waals surface area contributed by atoms with E-state index in [-0.39, 0.29) is 12.5 Å². The number of methoxy groups -OCH3 is 1. The summed E-state index contributed by atoms with van der Waals surface area (Å²) in [6, 6.07) is 14.7. The molecule has 0 spiro atoms. The van der Waals surface area contributed by atoms with E-state index >= 15 is 0 Å². The summed E-state index contributed by atoms with van der Waals surface area (Å²) >= 11 is 0. The van der Waals surface area contributed by atoms with E-state index in [1.165, 1.54) is 0 Å². The zero-order valence-corrected chi connectivity index (χ0v) is 13.4. The maximum atomic E-state index is 13.0. The van der Waals surface area contributed by atoms with E-state index < -0.39 is 11.9 Å². The van der Waals surface area contributed by atoms with E-state index in [9.17, 15) is 14.7 Å². The first-order valence-electron chi connectivity index (χ1n) is 7.78. The van der Waals surface area contributed by atoms with Crippen molar-refractivity contribution >= 4 is 11.9 Å². The lowest BCUT2D eigenvalue weighted by Crippen LogP contribution is -2.40. The third kappa shape index (κ3) is 3.03. The summed E-state index contributed by atoms with van der Waals surface area (Å²) in [5.74, 6) is -1.78. The van der Waals surface area contributed by atoms with Crippen molar-refractivity contribution in [2.24, 2.45) is 0 Å². The monoisotopic (exact) mass is 325 g/mol. The summed E-state index contributed by atoms with van der Waals surface area (Å²) in [5.41, 5.74) is 3.03. The Morgan fingerprint density at radius 2 is 1.88 bits per heavy atom. The first-order valence-corrected chi connectivity index (χ1v) is 7.78. The van der Waals surface area contributed by atoms with Crippen LogP contribution in [0.15, 0.2) is 48.5 Å². The van der Waals surface area contributed by atoms with Gasteiger partial charge in [-0.3, -0.25) is 9.59 Å². The Bertz CT molecular complexity index is 771. The van der Waals surface area contributed by atoms with Gasteiger partial charge in [0.2, 0.25) is 0 Å². The minimum atomic E-state index is -0.912. The highest BCUT2D eigenvalue weighted by Crippen LogP contribution is 2.29. The van der Waals surface area contributed by atoms with Gasteiger partial charge in [-0.2, -0.15) is 0 Å². The van der Waals surface area contributed by atoms with Crippen molar-refractivity contribution in [2.75, 3.05) is 13.7 Å². The maximum Gasteiger partial charge on any atom is 0.312 e. The minimum Gasteiger partial charge on any atom is -0.481 e. The maximum absolute atomic E-state index is 13.0. The molecule has 1 amide bonds. The molecule has 1 unspecified atom stereocenters. The van der Waals surface area contributed by atoms with E-state index in [1.807, 2.05) is 36.4 Å². The van der Waals surface area contributed by atoms with Gasteiger partial charge in [0.1, 0.15) is 0 Å². The van der Waals surface area contributed by atoms with E-state index in [1.54, 1.807) is 24.1 Å². The molecule has 0 saturated carbocycles. The van der Waals surface area contributed by atoms with Gasteiger partial charge in [-0.25, -0.2) is 0 Å². The number of carboxylic acid groups (broad SMARTS) is 1. The van der Waals surface area contributed by atoms with E-state index in [4.69, 9.17) is 4.74 Å². The summed E-state index contributed by atoms with van der Waals surface area (Å²) in [5, 5.41) is 9.54. The van der Waals surface area contributed by atoms with Gasteiger partial charge in [-0.15, -0.1) is 0 Å². The SMILES string of the molecule is COCc1ccccc1C(=O)N1Cc2ccccc2C(C(=O)O)C1. The quantitative estimate of drug-likeness (QED) is 0.938. The average Bonchev–Trinajstić information content (AvgIpc) is 2.61. The molecule has 0 radical (unpaired) electrons. The van der Waals surface area contributed by atoms with Crippen molar-refractivity contribution in [3.8, 4) is 0 Å². The normalized spacial score (nSPS) is 16.5. The molecule has 5 heteroatoms. The summed E-state index contributed by atoms with van der Waals surface area (Å²) in [6.07, 6.45) is 0. The molecule has 1 heterocycles. The molecule has 3 rings (SSSR count). The van der Waals surface area contributed by atoms with Crippen molar-refractivity contribution in [1.29, 1.82) is 0 Å². The van der Waals surface area contributed by atoms with Crippen LogP contribution in [0.5, 0.6) is 0 Å². The van der Waals surface area contributed by atoms with Crippen LogP contribution in [0, 0.1) is 0 Å². The fraction of sp³-hybridized carbons (Fsp3) is 0.263. The summed E-state index contributed by atoms with van der Waals surface area (Å²) in [4.78, 5) is 26.2. The van der Waals surface area contributed by atoms with Crippen LogP contribution in [0.3, 0.4) is 0 Å². The zero-order valence-electron chi connectivity index (χ0n) is 13.4. The molecule has 0 aliphatic carbocycles. The van der Waals surface area contributed by atoms with Crippen LogP contribution in [-0.2, 0) is 22.7 Å². The second-order valence-corrected chi connectivity index (χ2v) is 5.87. The highest BCUT2D eigenvalue weighted by molar-refractivity contribution is 5.96. The Morgan fingerprint density at radius 3 is 2.62 bits per heavy atom. The summed E-state index contributed by atoms with van der Waals surface area (Å²) < 4.78 is 5.16. The smallest absolute Gasteiger partial charge is 0.312 e. The largest absolute Gasteiger partial charge is 0.481 e. The topological polar surface area (TPSA) is 66.8 Å². The van der Waals surface area contributed by atoms with Crippen LogP contribution in [-0.4, -0.2) is 35.5 Å². The van der Waals surface area contributed by atoms with Gasteiger partial charge in [0.25, 0.3) is 5.91 Å². The molecule has 2 aromatic carbocycles. The van der Waals surface area contributed by atoms with E-state index in [2.05, 4.69) is 0 Å². The molecular weight excluding hydrogens is 306 g/mol. The van der Waals surface area contributed by atoms with Crippen LogP contribution in [0.4, 0.5) is 0 Å². The van der Waals surface area contributed by atoms with Crippen molar-refractivity contribution in [2.45, 2.75) is 19.1 Å². The molecule has 124 valence electrons. The van der Waals surface area contributed by atoms with Crippen molar-refractivity contribution in [1.82, 2.24) is 4.90 Å². The fourth-order valence-corrected chi connectivity index (χ4v) is 3.15. The number of carbonyl (C=O) groups is 2. The van der Waals surface area contributed by atoms with Gasteiger partial charge in [0.15, 0.2) is 0 Å². The van der Waals surface area contributed by atoms with Gasteiger partial charge < -0.3 is 14.7 Å². The van der Waals surface area contributed by atoms with Crippen LogP contribution >= 0.6 is 0 Å². The van der Waals surface area contributed by atoms with Crippen molar-refractivity contribution in [3.05, 3.63) is 70.8 Å². The number of benzene rings is 2. The molecule has 24 heavy (non-hydrogen) atoms. The fourth-order valence-electron chi connectivity index (χ4n) is 3.15. The number of amides is 1. The highest BCUT2D eigenvalue weighted by atomic mass is 16.5. The number of nitrogens with zero attached hydrogens (tertiary/aromatic N) is 1. The van der Waals surface area contributed by atoms with Gasteiger partial charge in [-0.05, 0) is 22.8 Å². The first-order chi connectivity index (χ1) is 11.6. The number of hydrogen-bond acceptors (Lipinski definition) is 3. The Kier molecular flexibility index (Phi) is 4.62. The van der Waals surface area contributed by atoms with E-state index in [0.29, 0.717) is 18.7 Å². The number of hydrogen-bond donors (Lipinski definition) is 1. The minimum absolute atomic E-state index is 0.164. The number of carboxylic acids is 1. The molecule has 0 bridgehead atoms. The average molecular weight is 325 g/mol. The molecule has 1 aliphatic heterocycles.